The monoisotopic (exact) mass is 178 g/mol. The Morgan fingerprint density at radius 2 is 2.00 bits per heavy atom. The van der Waals surface area contributed by atoms with E-state index in [2.05, 4.69) is 0 Å². The molecule has 0 aromatic heterocycles. The van der Waals surface area contributed by atoms with E-state index in [-0.39, 0.29) is 11.8 Å². The fourth-order valence-electron chi connectivity index (χ4n) is 1.24. The van der Waals surface area contributed by atoms with E-state index in [0.29, 0.717) is 6.42 Å². The molecule has 1 aliphatic heterocycles. The maximum absolute atomic E-state index is 11.1. The lowest BCUT2D eigenvalue weighted by molar-refractivity contribution is -0.138. The lowest BCUT2D eigenvalue weighted by Crippen LogP contribution is -2.39. The Morgan fingerprint density at radius 1 is 1.46 bits per heavy atom. The zero-order valence-corrected chi connectivity index (χ0v) is 7.36. The molecule has 0 radical (unpaired) electrons. The van der Waals surface area contributed by atoms with Crippen LogP contribution in [0, 0.1) is 11.3 Å². The maximum atomic E-state index is 11.1. The van der Waals surface area contributed by atoms with Gasteiger partial charge in [-0.2, -0.15) is 5.26 Å². The standard InChI is InChI=1S/C9H10N2O2/c1-2-3-7(6-10)11-8(12)4-5-9(11)13/h4-5,7H,2-3H2,1H3. The van der Waals surface area contributed by atoms with Crippen molar-refractivity contribution in [1.29, 1.82) is 5.26 Å². The fourth-order valence-corrected chi connectivity index (χ4v) is 1.24. The van der Waals surface area contributed by atoms with Crippen LogP contribution in [-0.4, -0.2) is 22.8 Å². The van der Waals surface area contributed by atoms with Gasteiger partial charge < -0.3 is 0 Å². The van der Waals surface area contributed by atoms with Gasteiger partial charge in [-0.3, -0.25) is 14.5 Å². The number of amides is 2. The van der Waals surface area contributed by atoms with Crippen molar-refractivity contribution >= 4 is 11.8 Å². The van der Waals surface area contributed by atoms with Gasteiger partial charge in [0.25, 0.3) is 11.8 Å². The van der Waals surface area contributed by atoms with Gasteiger partial charge in [-0.1, -0.05) is 13.3 Å². The molecule has 0 N–H and O–H groups in total. The minimum Gasteiger partial charge on any atom is -0.269 e. The summed E-state index contributed by atoms with van der Waals surface area (Å²) >= 11 is 0. The number of carbonyl (C=O) groups is 2. The molecule has 4 nitrogen and oxygen atoms in total. The Hall–Kier alpha value is -1.63. The second-order valence-corrected chi connectivity index (χ2v) is 2.81. The van der Waals surface area contributed by atoms with E-state index in [0.717, 1.165) is 11.3 Å². The van der Waals surface area contributed by atoms with Crippen molar-refractivity contribution in [3.05, 3.63) is 12.2 Å². The number of nitrogens with zero attached hydrogens (tertiary/aromatic N) is 2. The van der Waals surface area contributed by atoms with E-state index >= 15 is 0 Å². The Labute approximate surface area is 76.4 Å². The molecular weight excluding hydrogens is 168 g/mol. The lowest BCUT2D eigenvalue weighted by Gasteiger charge is -2.18. The van der Waals surface area contributed by atoms with Crippen molar-refractivity contribution in [2.24, 2.45) is 0 Å². The molecule has 1 rings (SSSR count). The lowest BCUT2D eigenvalue weighted by atomic mass is 10.1. The van der Waals surface area contributed by atoms with E-state index < -0.39 is 6.04 Å². The summed E-state index contributed by atoms with van der Waals surface area (Å²) in [4.78, 5) is 23.3. The van der Waals surface area contributed by atoms with Crippen molar-refractivity contribution in [1.82, 2.24) is 4.90 Å². The molecule has 13 heavy (non-hydrogen) atoms. The van der Waals surface area contributed by atoms with E-state index in [1.54, 1.807) is 0 Å². The molecule has 2 amide bonds. The van der Waals surface area contributed by atoms with Crippen molar-refractivity contribution < 1.29 is 9.59 Å². The molecule has 0 fully saturated rings. The second-order valence-electron chi connectivity index (χ2n) is 2.81. The van der Waals surface area contributed by atoms with Crippen LogP contribution >= 0.6 is 0 Å². The van der Waals surface area contributed by atoms with Crippen LogP contribution in [0.25, 0.3) is 0 Å². The van der Waals surface area contributed by atoms with Gasteiger partial charge in [-0.05, 0) is 6.42 Å². The number of nitriles is 1. The highest BCUT2D eigenvalue weighted by Gasteiger charge is 2.30. The zero-order valence-electron chi connectivity index (χ0n) is 7.36. The van der Waals surface area contributed by atoms with Gasteiger partial charge in [0.15, 0.2) is 0 Å². The predicted molar refractivity (Wildman–Crippen MR) is 45.3 cm³/mol. The van der Waals surface area contributed by atoms with E-state index in [4.69, 9.17) is 5.26 Å². The molecule has 1 unspecified atom stereocenters. The number of carbonyl (C=O) groups excluding carboxylic acids is 2. The summed E-state index contributed by atoms with van der Waals surface area (Å²) in [7, 11) is 0. The largest absolute Gasteiger partial charge is 0.269 e. The van der Waals surface area contributed by atoms with Crippen LogP contribution in [0.5, 0.6) is 0 Å². The van der Waals surface area contributed by atoms with Crippen molar-refractivity contribution in [3.63, 3.8) is 0 Å². The third kappa shape index (κ3) is 1.75. The third-order valence-electron chi connectivity index (χ3n) is 1.87. The molecule has 4 heteroatoms. The minimum atomic E-state index is -0.611. The van der Waals surface area contributed by atoms with E-state index in [1.807, 2.05) is 13.0 Å². The summed E-state index contributed by atoms with van der Waals surface area (Å²) in [5.74, 6) is -0.769. The van der Waals surface area contributed by atoms with Crippen LogP contribution in [0.15, 0.2) is 12.2 Å². The molecule has 0 spiro atoms. The van der Waals surface area contributed by atoms with Crippen LogP contribution < -0.4 is 0 Å². The molecule has 0 saturated heterocycles. The first kappa shape index (κ1) is 9.46. The molecule has 1 atom stereocenters. The summed E-state index contributed by atoms with van der Waals surface area (Å²) in [6.45, 7) is 1.91. The smallest absolute Gasteiger partial charge is 0.254 e. The van der Waals surface area contributed by atoms with Gasteiger partial charge in [-0.25, -0.2) is 0 Å². The highest BCUT2D eigenvalue weighted by molar-refractivity contribution is 6.13. The fraction of sp³-hybridized carbons (Fsp3) is 0.444. The first-order valence-electron chi connectivity index (χ1n) is 4.15. The molecule has 0 aromatic rings. The second kappa shape index (κ2) is 3.85. The van der Waals surface area contributed by atoms with E-state index in [9.17, 15) is 9.59 Å². The molecule has 1 aliphatic rings. The Bertz CT molecular complexity index is 283. The van der Waals surface area contributed by atoms with Crippen LogP contribution in [0.1, 0.15) is 19.8 Å². The van der Waals surface area contributed by atoms with Crippen molar-refractivity contribution in [2.75, 3.05) is 0 Å². The SMILES string of the molecule is CCCC(C#N)N1C(=O)C=CC1=O. The Kier molecular flexibility index (Phi) is 2.80. The summed E-state index contributed by atoms with van der Waals surface area (Å²) in [5.41, 5.74) is 0. The topological polar surface area (TPSA) is 61.2 Å². The van der Waals surface area contributed by atoms with Crippen molar-refractivity contribution in [2.45, 2.75) is 25.8 Å². The molecule has 1 heterocycles. The minimum absolute atomic E-state index is 0.384. The third-order valence-corrected chi connectivity index (χ3v) is 1.87. The number of hydrogen-bond donors (Lipinski definition) is 0. The predicted octanol–water partition coefficient (Wildman–Crippen LogP) is 0.604. The Balaban J connectivity index is 2.76. The number of imide groups is 1. The highest BCUT2D eigenvalue weighted by atomic mass is 16.2. The Morgan fingerprint density at radius 3 is 2.38 bits per heavy atom. The van der Waals surface area contributed by atoms with Gasteiger partial charge in [0.05, 0.1) is 6.07 Å². The summed E-state index contributed by atoms with van der Waals surface area (Å²) in [5, 5.41) is 8.73. The van der Waals surface area contributed by atoms with Gasteiger partial charge in [0.1, 0.15) is 6.04 Å². The summed E-state index contributed by atoms with van der Waals surface area (Å²) in [6.07, 6.45) is 3.70. The van der Waals surface area contributed by atoms with Gasteiger partial charge >= 0.3 is 0 Å². The first-order chi connectivity index (χ1) is 6.20. The van der Waals surface area contributed by atoms with Gasteiger partial charge in [-0.15, -0.1) is 0 Å². The molecular formula is C9H10N2O2. The van der Waals surface area contributed by atoms with E-state index in [1.165, 1.54) is 12.2 Å². The number of hydrogen-bond acceptors (Lipinski definition) is 3. The molecule has 0 aromatic carbocycles. The van der Waals surface area contributed by atoms with Crippen LogP contribution in [0.4, 0.5) is 0 Å². The average molecular weight is 178 g/mol. The summed E-state index contributed by atoms with van der Waals surface area (Å²) in [6, 6.07) is 1.34. The average Bonchev–Trinajstić information content (AvgIpc) is 2.43. The maximum Gasteiger partial charge on any atom is 0.254 e. The zero-order chi connectivity index (χ0) is 9.84. The molecule has 68 valence electrons. The quantitative estimate of drug-likeness (QED) is 0.594. The first-order valence-corrected chi connectivity index (χ1v) is 4.15. The summed E-state index contributed by atoms with van der Waals surface area (Å²) < 4.78 is 0. The van der Waals surface area contributed by atoms with Crippen molar-refractivity contribution in [3.8, 4) is 6.07 Å². The molecule has 0 bridgehead atoms. The van der Waals surface area contributed by atoms with Crippen LogP contribution in [0.2, 0.25) is 0 Å². The normalized spacial score (nSPS) is 17.7. The highest BCUT2D eigenvalue weighted by Crippen LogP contribution is 2.12. The van der Waals surface area contributed by atoms with Gasteiger partial charge in [0, 0.05) is 12.2 Å². The molecule has 0 aliphatic carbocycles. The van der Waals surface area contributed by atoms with Crippen LogP contribution in [0.3, 0.4) is 0 Å². The number of rotatable bonds is 3. The molecule has 0 saturated carbocycles. The van der Waals surface area contributed by atoms with Gasteiger partial charge in [0.2, 0.25) is 0 Å². The van der Waals surface area contributed by atoms with Crippen LogP contribution in [-0.2, 0) is 9.59 Å².